The molecule has 0 spiro atoms. The molecule has 1 aliphatic rings. The Bertz CT molecular complexity index is 965. The van der Waals surface area contributed by atoms with Gasteiger partial charge in [0.15, 0.2) is 5.65 Å². The van der Waals surface area contributed by atoms with Gasteiger partial charge in [-0.2, -0.15) is 0 Å². The van der Waals surface area contributed by atoms with Gasteiger partial charge in [0.05, 0.1) is 24.5 Å². The van der Waals surface area contributed by atoms with Crippen molar-refractivity contribution in [2.24, 2.45) is 7.05 Å². The average molecular weight is 371 g/mol. The number of amides is 1. The van der Waals surface area contributed by atoms with Gasteiger partial charge in [-0.15, -0.1) is 10.2 Å². The number of benzene rings is 1. The van der Waals surface area contributed by atoms with Crippen LogP contribution < -0.4 is 0 Å². The second-order valence-electron chi connectivity index (χ2n) is 6.31. The van der Waals surface area contributed by atoms with Crippen molar-refractivity contribution in [3.05, 3.63) is 23.8 Å². The zero-order chi connectivity index (χ0) is 18.1. The smallest absolute Gasteiger partial charge is 0.233 e. The minimum atomic E-state index is 0.0895. The van der Waals surface area contributed by atoms with E-state index in [0.29, 0.717) is 37.2 Å². The van der Waals surface area contributed by atoms with Crippen LogP contribution in [0.3, 0.4) is 0 Å². The SMILES string of the molecule is CCc1ccc2c(c1)c1nnc(SCC(=O)N3CCOCC3)nc1n2C. The van der Waals surface area contributed by atoms with Crippen LogP contribution in [0.2, 0.25) is 0 Å². The Balaban J connectivity index is 1.58. The predicted molar refractivity (Wildman–Crippen MR) is 101 cm³/mol. The van der Waals surface area contributed by atoms with E-state index in [2.05, 4.69) is 40.3 Å². The van der Waals surface area contributed by atoms with Gasteiger partial charge in [-0.25, -0.2) is 4.98 Å². The second kappa shape index (κ2) is 7.20. The molecule has 1 aromatic carbocycles. The van der Waals surface area contributed by atoms with E-state index < -0.39 is 0 Å². The number of ether oxygens (including phenoxy) is 1. The highest BCUT2D eigenvalue weighted by Crippen LogP contribution is 2.27. The van der Waals surface area contributed by atoms with Crippen LogP contribution in [0.25, 0.3) is 22.1 Å². The molecule has 1 fully saturated rings. The van der Waals surface area contributed by atoms with Crippen LogP contribution in [0.5, 0.6) is 0 Å². The van der Waals surface area contributed by atoms with E-state index in [1.165, 1.54) is 17.3 Å². The summed E-state index contributed by atoms with van der Waals surface area (Å²) in [5.74, 6) is 0.406. The number of hydrogen-bond acceptors (Lipinski definition) is 6. The molecule has 2 aromatic heterocycles. The highest BCUT2D eigenvalue weighted by Gasteiger charge is 2.18. The van der Waals surface area contributed by atoms with E-state index in [-0.39, 0.29) is 5.91 Å². The van der Waals surface area contributed by atoms with E-state index in [1.807, 2.05) is 16.5 Å². The first kappa shape index (κ1) is 17.2. The van der Waals surface area contributed by atoms with Crippen molar-refractivity contribution in [3.63, 3.8) is 0 Å². The van der Waals surface area contributed by atoms with Gasteiger partial charge in [-0.3, -0.25) is 4.79 Å². The normalized spacial score (nSPS) is 15.1. The van der Waals surface area contributed by atoms with Crippen LogP contribution in [0.15, 0.2) is 23.4 Å². The molecule has 8 heteroatoms. The maximum Gasteiger partial charge on any atom is 0.233 e. The van der Waals surface area contributed by atoms with Crippen molar-refractivity contribution in [2.75, 3.05) is 32.1 Å². The number of thioether (sulfide) groups is 1. The summed E-state index contributed by atoms with van der Waals surface area (Å²) in [5, 5.41) is 10.2. The highest BCUT2D eigenvalue weighted by atomic mass is 32.2. The van der Waals surface area contributed by atoms with Gasteiger partial charge in [0.25, 0.3) is 0 Å². The fraction of sp³-hybridized carbons (Fsp3) is 0.444. The fourth-order valence-electron chi connectivity index (χ4n) is 3.20. The Morgan fingerprint density at radius 1 is 1.27 bits per heavy atom. The number of nitrogens with zero attached hydrogens (tertiary/aromatic N) is 5. The van der Waals surface area contributed by atoms with Gasteiger partial charge in [-0.05, 0) is 24.1 Å². The van der Waals surface area contributed by atoms with Crippen LogP contribution in [0, 0.1) is 0 Å². The monoisotopic (exact) mass is 371 g/mol. The predicted octanol–water partition coefficient (Wildman–Crippen LogP) is 2.03. The van der Waals surface area contributed by atoms with E-state index in [9.17, 15) is 4.79 Å². The van der Waals surface area contributed by atoms with Gasteiger partial charge in [0, 0.05) is 25.5 Å². The summed E-state index contributed by atoms with van der Waals surface area (Å²) < 4.78 is 7.32. The molecule has 4 rings (SSSR count). The highest BCUT2D eigenvalue weighted by molar-refractivity contribution is 7.99. The number of hydrogen-bond donors (Lipinski definition) is 0. The molecule has 1 saturated heterocycles. The summed E-state index contributed by atoms with van der Waals surface area (Å²) in [4.78, 5) is 18.7. The van der Waals surface area contributed by atoms with Crippen LogP contribution in [-0.4, -0.2) is 62.6 Å². The third-order valence-electron chi connectivity index (χ3n) is 4.74. The second-order valence-corrected chi connectivity index (χ2v) is 7.25. The zero-order valence-electron chi connectivity index (χ0n) is 14.9. The molecule has 0 unspecified atom stereocenters. The molecule has 0 aliphatic carbocycles. The minimum absolute atomic E-state index is 0.0895. The van der Waals surface area contributed by atoms with Gasteiger partial charge in [0.2, 0.25) is 11.1 Å². The third-order valence-corrected chi connectivity index (χ3v) is 5.56. The molecule has 1 amide bonds. The summed E-state index contributed by atoms with van der Waals surface area (Å²) in [6.07, 6.45) is 0.977. The van der Waals surface area contributed by atoms with Gasteiger partial charge >= 0.3 is 0 Å². The lowest BCUT2D eigenvalue weighted by Gasteiger charge is -2.26. The summed E-state index contributed by atoms with van der Waals surface area (Å²) >= 11 is 1.33. The van der Waals surface area contributed by atoms with E-state index in [1.54, 1.807) is 0 Å². The lowest BCUT2D eigenvalue weighted by molar-refractivity contribution is -0.132. The van der Waals surface area contributed by atoms with Crippen LogP contribution in [-0.2, 0) is 23.0 Å². The molecule has 3 aromatic rings. The Labute approximate surface area is 155 Å². The maximum absolute atomic E-state index is 12.3. The average Bonchev–Trinajstić information content (AvgIpc) is 2.98. The first-order valence-corrected chi connectivity index (χ1v) is 9.76. The van der Waals surface area contributed by atoms with Crippen molar-refractivity contribution < 1.29 is 9.53 Å². The lowest BCUT2D eigenvalue weighted by Crippen LogP contribution is -2.41. The van der Waals surface area contributed by atoms with Crippen LogP contribution >= 0.6 is 11.8 Å². The largest absolute Gasteiger partial charge is 0.378 e. The van der Waals surface area contributed by atoms with Gasteiger partial charge in [0.1, 0.15) is 5.52 Å². The molecule has 0 radical (unpaired) electrons. The Hall–Kier alpha value is -2.19. The molecule has 136 valence electrons. The van der Waals surface area contributed by atoms with E-state index in [4.69, 9.17) is 4.74 Å². The lowest BCUT2D eigenvalue weighted by atomic mass is 10.1. The van der Waals surface area contributed by atoms with E-state index in [0.717, 1.165) is 28.5 Å². The number of morpholine rings is 1. The first-order chi connectivity index (χ1) is 12.7. The van der Waals surface area contributed by atoms with Crippen LogP contribution in [0.4, 0.5) is 0 Å². The summed E-state index contributed by atoms with van der Waals surface area (Å²) in [6, 6.07) is 6.39. The Morgan fingerprint density at radius 3 is 2.85 bits per heavy atom. The van der Waals surface area contributed by atoms with Crippen molar-refractivity contribution in [3.8, 4) is 0 Å². The standard InChI is InChI=1S/C18H21N5O2S/c1-3-12-4-5-14-13(10-12)16-17(22(14)2)19-18(21-20-16)26-11-15(24)23-6-8-25-9-7-23/h4-5,10H,3,6-9,11H2,1-2H3. The van der Waals surface area contributed by atoms with Crippen molar-refractivity contribution in [1.29, 1.82) is 0 Å². The van der Waals surface area contributed by atoms with Crippen molar-refractivity contribution >= 4 is 39.7 Å². The number of carbonyl (C=O) groups excluding carboxylic acids is 1. The Kier molecular flexibility index (Phi) is 4.78. The number of aromatic nitrogens is 4. The fourth-order valence-corrected chi connectivity index (χ4v) is 3.89. The molecule has 0 atom stereocenters. The molecule has 7 nitrogen and oxygen atoms in total. The third kappa shape index (κ3) is 3.14. The molecule has 0 saturated carbocycles. The summed E-state index contributed by atoms with van der Waals surface area (Å²) in [6.45, 7) is 4.66. The van der Waals surface area contributed by atoms with E-state index >= 15 is 0 Å². The maximum atomic E-state index is 12.3. The van der Waals surface area contributed by atoms with Crippen molar-refractivity contribution in [1.82, 2.24) is 24.6 Å². The number of rotatable bonds is 4. The first-order valence-electron chi connectivity index (χ1n) is 8.77. The van der Waals surface area contributed by atoms with Crippen molar-refractivity contribution in [2.45, 2.75) is 18.5 Å². The zero-order valence-corrected chi connectivity index (χ0v) is 15.8. The quantitative estimate of drug-likeness (QED) is 0.654. The molecular weight excluding hydrogens is 350 g/mol. The number of fused-ring (bicyclic) bond motifs is 3. The number of aryl methyl sites for hydroxylation is 2. The number of carbonyl (C=O) groups is 1. The topological polar surface area (TPSA) is 73.1 Å². The van der Waals surface area contributed by atoms with Gasteiger partial charge < -0.3 is 14.2 Å². The molecule has 1 aliphatic heterocycles. The van der Waals surface area contributed by atoms with Crippen LogP contribution in [0.1, 0.15) is 12.5 Å². The molecule has 26 heavy (non-hydrogen) atoms. The Morgan fingerprint density at radius 2 is 2.08 bits per heavy atom. The molecule has 0 N–H and O–H groups in total. The molecule has 3 heterocycles. The van der Waals surface area contributed by atoms with Gasteiger partial charge in [-0.1, -0.05) is 24.8 Å². The summed E-state index contributed by atoms with van der Waals surface area (Å²) in [5.41, 5.74) is 3.96. The molecular formula is C18H21N5O2S. The summed E-state index contributed by atoms with van der Waals surface area (Å²) in [7, 11) is 1.98. The minimum Gasteiger partial charge on any atom is -0.378 e. The molecule has 0 bridgehead atoms.